The van der Waals surface area contributed by atoms with Crippen molar-refractivity contribution in [2.45, 2.75) is 123 Å². The molecule has 6 nitrogen and oxygen atoms in total. The first-order valence-corrected chi connectivity index (χ1v) is 16.8. The van der Waals surface area contributed by atoms with Crippen molar-refractivity contribution in [3.05, 3.63) is 57.6 Å². The average molecular weight is 625 g/mol. The fourth-order valence-corrected chi connectivity index (χ4v) is 5.52. The quantitative estimate of drug-likeness (QED) is 0.157. The van der Waals surface area contributed by atoms with Gasteiger partial charge in [-0.05, 0) is 39.2 Å². The molecule has 0 aliphatic carbocycles. The van der Waals surface area contributed by atoms with Gasteiger partial charge in [0.2, 0.25) is 0 Å². The van der Waals surface area contributed by atoms with Crippen LogP contribution in [-0.2, 0) is 47.0 Å². The molecule has 2 aromatic rings. The van der Waals surface area contributed by atoms with E-state index in [9.17, 15) is 0 Å². The molecule has 0 N–H and O–H groups in total. The maximum atomic E-state index is 6.54. The zero-order valence-electron chi connectivity index (χ0n) is 30.3. The van der Waals surface area contributed by atoms with Crippen LogP contribution in [0.15, 0.2) is 24.3 Å². The molecular weight excluding hydrogens is 564 g/mol. The van der Waals surface area contributed by atoms with Crippen LogP contribution < -0.4 is 9.47 Å². The van der Waals surface area contributed by atoms with Crippen LogP contribution in [0.5, 0.6) is 11.5 Å². The molecule has 0 spiro atoms. The Labute approximate surface area is 273 Å². The van der Waals surface area contributed by atoms with E-state index in [0.717, 1.165) is 31.1 Å². The summed E-state index contributed by atoms with van der Waals surface area (Å²) in [7, 11) is 0. The molecule has 45 heavy (non-hydrogen) atoms. The zero-order valence-corrected chi connectivity index (χ0v) is 30.3. The number of hydrogen-bond acceptors (Lipinski definition) is 6. The lowest BCUT2D eigenvalue weighted by molar-refractivity contribution is 0.0867. The number of rotatable bonds is 14. The number of epoxide rings is 2. The van der Waals surface area contributed by atoms with Crippen LogP contribution in [-0.4, -0.2) is 65.1 Å². The maximum absolute atomic E-state index is 6.54. The molecular formula is C39H60O6. The van der Waals surface area contributed by atoms with Crippen molar-refractivity contribution >= 4 is 0 Å². The van der Waals surface area contributed by atoms with E-state index in [2.05, 4.69) is 107 Å². The lowest BCUT2D eigenvalue weighted by Crippen LogP contribution is -2.22. The second-order valence-corrected chi connectivity index (χ2v) is 17.0. The van der Waals surface area contributed by atoms with Crippen molar-refractivity contribution in [3.63, 3.8) is 0 Å². The number of ether oxygens (including phenoxy) is 6. The third kappa shape index (κ3) is 10.4. The summed E-state index contributed by atoms with van der Waals surface area (Å²) in [5.41, 5.74) is 7.17. The van der Waals surface area contributed by atoms with E-state index in [4.69, 9.17) is 28.4 Å². The smallest absolute Gasteiger partial charge is 0.126 e. The predicted octanol–water partition coefficient (Wildman–Crippen LogP) is 8.06. The topological polar surface area (TPSA) is 62.0 Å². The van der Waals surface area contributed by atoms with Gasteiger partial charge in [-0.15, -0.1) is 0 Å². The van der Waals surface area contributed by atoms with Gasteiger partial charge in [-0.25, -0.2) is 0 Å². The van der Waals surface area contributed by atoms with Gasteiger partial charge < -0.3 is 28.4 Å². The number of hydrogen-bond donors (Lipinski definition) is 0. The Balaban J connectivity index is 1.67. The molecule has 6 heteroatoms. The largest absolute Gasteiger partial charge is 0.491 e. The van der Waals surface area contributed by atoms with Crippen molar-refractivity contribution in [2.24, 2.45) is 0 Å². The first kappa shape index (κ1) is 35.7. The molecule has 2 unspecified atom stereocenters. The summed E-state index contributed by atoms with van der Waals surface area (Å²) in [6.45, 7) is 32.3. The highest BCUT2D eigenvalue weighted by molar-refractivity contribution is 5.54. The highest BCUT2D eigenvalue weighted by atomic mass is 16.6. The van der Waals surface area contributed by atoms with Crippen molar-refractivity contribution < 1.29 is 28.4 Å². The molecule has 0 bridgehead atoms. The van der Waals surface area contributed by atoms with Crippen molar-refractivity contribution in [1.82, 2.24) is 0 Å². The van der Waals surface area contributed by atoms with Crippen LogP contribution in [0.25, 0.3) is 0 Å². The molecule has 0 saturated carbocycles. The summed E-state index contributed by atoms with van der Waals surface area (Å²) in [5, 5.41) is 0. The fourth-order valence-electron chi connectivity index (χ4n) is 5.52. The summed E-state index contributed by atoms with van der Waals surface area (Å²) < 4.78 is 35.2. The van der Waals surface area contributed by atoms with E-state index in [1.807, 2.05) is 0 Å². The molecule has 2 atom stereocenters. The molecule has 0 aromatic heterocycles. The Morgan fingerprint density at radius 3 is 1.04 bits per heavy atom. The van der Waals surface area contributed by atoms with Crippen molar-refractivity contribution in [3.8, 4) is 11.5 Å². The van der Waals surface area contributed by atoms with Crippen LogP contribution in [0.4, 0.5) is 0 Å². The summed E-state index contributed by atoms with van der Waals surface area (Å²) in [6, 6.07) is 9.45. The summed E-state index contributed by atoms with van der Waals surface area (Å²) in [6.07, 6.45) is 1.35. The highest BCUT2D eigenvalue weighted by Crippen LogP contribution is 2.43. The zero-order chi connectivity index (χ0) is 33.2. The van der Waals surface area contributed by atoms with Gasteiger partial charge in [-0.2, -0.15) is 0 Å². The van der Waals surface area contributed by atoms with E-state index in [1.165, 1.54) is 33.4 Å². The normalized spacial score (nSPS) is 18.7. The van der Waals surface area contributed by atoms with Crippen LogP contribution in [0, 0.1) is 0 Å². The Bertz CT molecular complexity index is 1110. The van der Waals surface area contributed by atoms with E-state index >= 15 is 0 Å². The predicted molar refractivity (Wildman–Crippen MR) is 183 cm³/mol. The molecule has 0 radical (unpaired) electrons. The minimum Gasteiger partial charge on any atom is -0.491 e. The standard InChI is InChI=1S/C39H60O6/c1-36(2,3)30-18-26(19-31(37(4,5)6)34(30)42-15-13-40-22-28-24-44-28)17-27-20-32(38(7,8)9)35(33(21-27)39(10,11)12)43-16-14-41-23-29-25-45-29/h18-21,28-29H,13-17,22-25H2,1-12H3. The van der Waals surface area contributed by atoms with Crippen LogP contribution in [0.1, 0.15) is 116 Å². The summed E-state index contributed by atoms with van der Waals surface area (Å²) >= 11 is 0. The van der Waals surface area contributed by atoms with Gasteiger partial charge >= 0.3 is 0 Å². The van der Waals surface area contributed by atoms with Gasteiger partial charge in [-0.1, -0.05) is 107 Å². The van der Waals surface area contributed by atoms with E-state index in [1.54, 1.807) is 0 Å². The Hall–Kier alpha value is -2.12. The number of benzene rings is 2. The lowest BCUT2D eigenvalue weighted by Gasteiger charge is -2.32. The van der Waals surface area contributed by atoms with Gasteiger partial charge in [0.05, 0.1) is 39.6 Å². The maximum Gasteiger partial charge on any atom is 0.126 e. The van der Waals surface area contributed by atoms with Gasteiger partial charge in [0.15, 0.2) is 0 Å². The van der Waals surface area contributed by atoms with Gasteiger partial charge in [0.1, 0.15) is 36.9 Å². The van der Waals surface area contributed by atoms with Crippen molar-refractivity contribution in [1.29, 1.82) is 0 Å². The highest BCUT2D eigenvalue weighted by Gasteiger charge is 2.31. The minimum absolute atomic E-state index is 0.0907. The van der Waals surface area contributed by atoms with E-state index in [-0.39, 0.29) is 33.9 Å². The third-order valence-corrected chi connectivity index (χ3v) is 8.30. The van der Waals surface area contributed by atoms with Crippen molar-refractivity contribution in [2.75, 3.05) is 52.9 Å². The molecule has 2 aliphatic heterocycles. The molecule has 2 heterocycles. The van der Waals surface area contributed by atoms with E-state index in [0.29, 0.717) is 39.6 Å². The Morgan fingerprint density at radius 2 is 0.800 bits per heavy atom. The molecule has 2 aromatic carbocycles. The first-order valence-electron chi connectivity index (χ1n) is 16.8. The van der Waals surface area contributed by atoms with E-state index < -0.39 is 0 Å². The van der Waals surface area contributed by atoms with Gasteiger partial charge in [-0.3, -0.25) is 0 Å². The first-order chi connectivity index (χ1) is 20.8. The Kier molecular flexibility index (Phi) is 11.1. The Morgan fingerprint density at radius 1 is 0.511 bits per heavy atom. The van der Waals surface area contributed by atoms with Crippen LogP contribution in [0.2, 0.25) is 0 Å². The lowest BCUT2D eigenvalue weighted by atomic mass is 9.76. The monoisotopic (exact) mass is 624 g/mol. The molecule has 2 saturated heterocycles. The SMILES string of the molecule is CC(C)(C)c1cc(Cc2cc(C(C)(C)C)c(OCCOCC3CO3)c(C(C)(C)C)c2)cc(C(C)(C)C)c1OCCOCC1CO1. The van der Waals surface area contributed by atoms with Gasteiger partial charge in [0, 0.05) is 22.3 Å². The summed E-state index contributed by atoms with van der Waals surface area (Å²) in [4.78, 5) is 0. The molecule has 0 amide bonds. The second kappa shape index (κ2) is 13.9. The molecule has 2 aliphatic rings. The summed E-state index contributed by atoms with van der Waals surface area (Å²) in [5.74, 6) is 1.99. The van der Waals surface area contributed by atoms with Gasteiger partial charge in [0.25, 0.3) is 0 Å². The fraction of sp³-hybridized carbons (Fsp3) is 0.692. The molecule has 252 valence electrons. The average Bonchev–Trinajstić information content (AvgIpc) is 3.82. The van der Waals surface area contributed by atoms with Crippen LogP contribution >= 0.6 is 0 Å². The second-order valence-electron chi connectivity index (χ2n) is 17.0. The van der Waals surface area contributed by atoms with Crippen LogP contribution in [0.3, 0.4) is 0 Å². The minimum atomic E-state index is -0.0907. The third-order valence-electron chi connectivity index (χ3n) is 8.30. The molecule has 2 fully saturated rings. The molecule has 4 rings (SSSR count).